The number of phenolic OH excluding ortho intramolecular Hbond substituents is 1. The number of aromatic nitrogens is 1. The van der Waals surface area contributed by atoms with Crippen LogP contribution in [-0.2, 0) is 11.3 Å². The van der Waals surface area contributed by atoms with Crippen LogP contribution in [0.25, 0.3) is 10.8 Å². The number of halogens is 1. The molecule has 0 aliphatic carbocycles. The first-order chi connectivity index (χ1) is 14.0. The molecular formula is C21H21BrN2O5. The number of nitrogens with one attached hydrogen (secondary N) is 1. The van der Waals surface area contributed by atoms with Crippen molar-refractivity contribution in [3.63, 3.8) is 0 Å². The Hall–Kier alpha value is -2.84. The predicted molar refractivity (Wildman–Crippen MR) is 115 cm³/mol. The van der Waals surface area contributed by atoms with Crippen molar-refractivity contribution in [2.24, 2.45) is 4.99 Å². The van der Waals surface area contributed by atoms with Gasteiger partial charge in [-0.3, -0.25) is 14.8 Å². The van der Waals surface area contributed by atoms with E-state index in [4.69, 9.17) is 9.47 Å². The predicted octanol–water partition coefficient (Wildman–Crippen LogP) is 3.74. The lowest BCUT2D eigenvalue weighted by Crippen LogP contribution is -2.08. The van der Waals surface area contributed by atoms with Crippen LogP contribution < -0.4 is 10.3 Å². The topological polar surface area (TPSA) is 104 Å². The van der Waals surface area contributed by atoms with Crippen molar-refractivity contribution in [3.8, 4) is 17.4 Å². The van der Waals surface area contributed by atoms with Gasteiger partial charge in [-0.15, -0.1) is 0 Å². The summed E-state index contributed by atoms with van der Waals surface area (Å²) in [6.07, 6.45) is 1.50. The van der Waals surface area contributed by atoms with Gasteiger partial charge in [-0.1, -0.05) is 22.0 Å². The van der Waals surface area contributed by atoms with Gasteiger partial charge in [0.1, 0.15) is 6.61 Å². The minimum atomic E-state index is -0.369. The first kappa shape index (κ1) is 20.9. The Balaban J connectivity index is 1.76. The highest BCUT2D eigenvalue weighted by Gasteiger charge is 2.10. The molecule has 2 aromatic carbocycles. The molecule has 3 aromatic rings. The van der Waals surface area contributed by atoms with E-state index < -0.39 is 0 Å². The van der Waals surface area contributed by atoms with Crippen molar-refractivity contribution < 1.29 is 19.7 Å². The van der Waals surface area contributed by atoms with Gasteiger partial charge in [-0.2, -0.15) is 0 Å². The lowest BCUT2D eigenvalue weighted by Gasteiger charge is -2.09. The zero-order chi connectivity index (χ0) is 20.8. The van der Waals surface area contributed by atoms with Crippen LogP contribution >= 0.6 is 15.9 Å². The normalized spacial score (nSPS) is 11.4. The van der Waals surface area contributed by atoms with Crippen molar-refractivity contribution in [3.05, 3.63) is 62.4 Å². The van der Waals surface area contributed by atoms with Crippen molar-refractivity contribution in [2.75, 3.05) is 19.8 Å². The van der Waals surface area contributed by atoms with Crippen LogP contribution in [0.1, 0.15) is 18.1 Å². The van der Waals surface area contributed by atoms with Gasteiger partial charge >= 0.3 is 0 Å². The van der Waals surface area contributed by atoms with Gasteiger partial charge in [0.05, 0.1) is 18.7 Å². The van der Waals surface area contributed by atoms with Gasteiger partial charge < -0.3 is 19.7 Å². The minimum Gasteiger partial charge on any atom is -0.504 e. The summed E-state index contributed by atoms with van der Waals surface area (Å²) in [4.78, 5) is 18.8. The average Bonchev–Trinajstić information content (AvgIpc) is 2.69. The van der Waals surface area contributed by atoms with E-state index >= 15 is 0 Å². The van der Waals surface area contributed by atoms with Crippen molar-refractivity contribution >= 4 is 32.9 Å². The smallest absolute Gasteiger partial charge is 0.258 e. The maximum absolute atomic E-state index is 12.0. The Bertz CT molecular complexity index is 1090. The molecule has 0 saturated heterocycles. The molecule has 29 heavy (non-hydrogen) atoms. The fourth-order valence-corrected chi connectivity index (χ4v) is 3.18. The van der Waals surface area contributed by atoms with E-state index in [2.05, 4.69) is 25.9 Å². The number of aromatic hydroxyl groups is 2. The van der Waals surface area contributed by atoms with Crippen molar-refractivity contribution in [1.29, 1.82) is 0 Å². The first-order valence-electron chi connectivity index (χ1n) is 9.06. The van der Waals surface area contributed by atoms with Crippen LogP contribution in [0.5, 0.6) is 17.4 Å². The number of ether oxygens (including phenoxy) is 2. The van der Waals surface area contributed by atoms with E-state index in [1.807, 2.05) is 6.92 Å². The third-order valence-corrected chi connectivity index (χ3v) is 4.70. The van der Waals surface area contributed by atoms with Crippen LogP contribution in [0, 0.1) is 0 Å². The molecule has 0 saturated carbocycles. The third-order valence-electron chi connectivity index (χ3n) is 4.21. The Kier molecular flexibility index (Phi) is 6.90. The minimum absolute atomic E-state index is 0.0236. The van der Waals surface area contributed by atoms with Crippen LogP contribution in [-0.4, -0.2) is 41.2 Å². The Labute approximate surface area is 175 Å². The summed E-state index contributed by atoms with van der Waals surface area (Å²) < 4.78 is 11.5. The number of rotatable bonds is 8. The molecule has 1 heterocycles. The second-order valence-corrected chi connectivity index (χ2v) is 7.14. The highest BCUT2D eigenvalue weighted by molar-refractivity contribution is 9.10. The second kappa shape index (κ2) is 9.58. The summed E-state index contributed by atoms with van der Waals surface area (Å²) in [6.45, 7) is 3.60. The lowest BCUT2D eigenvalue weighted by molar-refractivity contribution is 0.109. The highest BCUT2D eigenvalue weighted by Crippen LogP contribution is 2.27. The maximum Gasteiger partial charge on any atom is 0.258 e. The van der Waals surface area contributed by atoms with Crippen LogP contribution in [0.15, 0.2) is 50.7 Å². The molecule has 152 valence electrons. The molecular weight excluding hydrogens is 440 g/mol. The molecule has 0 radical (unpaired) electrons. The van der Waals surface area contributed by atoms with E-state index in [0.29, 0.717) is 41.9 Å². The molecule has 3 rings (SSSR count). The quantitative estimate of drug-likeness (QED) is 0.350. The summed E-state index contributed by atoms with van der Waals surface area (Å²) in [5.41, 5.74) is 0.818. The summed E-state index contributed by atoms with van der Waals surface area (Å²) in [6, 6.07) is 10.2. The van der Waals surface area contributed by atoms with Gasteiger partial charge in [-0.25, -0.2) is 0 Å². The van der Waals surface area contributed by atoms with Crippen LogP contribution in [0.4, 0.5) is 0 Å². The lowest BCUT2D eigenvalue weighted by atomic mass is 10.1. The van der Waals surface area contributed by atoms with Crippen LogP contribution in [0.2, 0.25) is 0 Å². The standard InChI is InChI=1S/C21H21BrN2O5/c1-2-28-7-8-29-19-6-3-13(9-18(19)25)11-23-12-17-16-10-14(22)4-5-15(16)20(26)24-21(17)27/h3-6,9-10,12,25H,2,7-8,11H2,1H3,(H2,24,26,27). The largest absolute Gasteiger partial charge is 0.504 e. The second-order valence-electron chi connectivity index (χ2n) is 6.22. The van der Waals surface area contributed by atoms with Gasteiger partial charge in [0, 0.05) is 28.1 Å². The fraction of sp³-hybridized carbons (Fsp3) is 0.238. The number of H-pyrrole nitrogens is 1. The number of hydrogen-bond donors (Lipinski definition) is 3. The summed E-state index contributed by atoms with van der Waals surface area (Å²) in [5.74, 6) is 0.160. The number of aliphatic imine (C=N–C) groups is 1. The van der Waals surface area contributed by atoms with E-state index in [9.17, 15) is 15.0 Å². The number of nitrogens with zero attached hydrogens (tertiary/aromatic N) is 1. The summed E-state index contributed by atoms with van der Waals surface area (Å²) in [7, 11) is 0. The van der Waals surface area contributed by atoms with Gasteiger partial charge in [0.2, 0.25) is 5.88 Å². The molecule has 7 nitrogen and oxygen atoms in total. The molecule has 0 aliphatic heterocycles. The Morgan fingerprint density at radius 3 is 2.72 bits per heavy atom. The highest BCUT2D eigenvalue weighted by atomic mass is 79.9. The van der Waals surface area contributed by atoms with E-state index in [1.165, 1.54) is 6.21 Å². The van der Waals surface area contributed by atoms with Crippen LogP contribution in [0.3, 0.4) is 0 Å². The number of hydrogen-bond acceptors (Lipinski definition) is 6. The summed E-state index contributed by atoms with van der Waals surface area (Å²) in [5, 5.41) is 21.3. The number of fused-ring (bicyclic) bond motifs is 1. The van der Waals surface area contributed by atoms with E-state index in [-0.39, 0.29) is 23.7 Å². The molecule has 0 bridgehead atoms. The van der Waals surface area contributed by atoms with Gasteiger partial charge in [-0.05, 0) is 42.8 Å². The molecule has 0 fully saturated rings. The molecule has 0 aliphatic rings. The van der Waals surface area contributed by atoms with E-state index in [1.54, 1.807) is 36.4 Å². The molecule has 8 heteroatoms. The average molecular weight is 461 g/mol. The molecule has 0 spiro atoms. The Morgan fingerprint density at radius 2 is 1.97 bits per heavy atom. The zero-order valence-corrected chi connectivity index (χ0v) is 17.4. The zero-order valence-electron chi connectivity index (χ0n) is 15.8. The maximum atomic E-state index is 12.0. The van der Waals surface area contributed by atoms with Crippen molar-refractivity contribution in [1.82, 2.24) is 4.98 Å². The number of aromatic amines is 1. The number of pyridine rings is 1. The number of benzene rings is 2. The van der Waals surface area contributed by atoms with Gasteiger partial charge in [0.25, 0.3) is 5.56 Å². The molecule has 0 atom stereocenters. The third kappa shape index (κ3) is 5.16. The van der Waals surface area contributed by atoms with Crippen molar-refractivity contribution in [2.45, 2.75) is 13.5 Å². The first-order valence-corrected chi connectivity index (χ1v) is 9.85. The molecule has 1 aromatic heterocycles. The molecule has 0 unspecified atom stereocenters. The van der Waals surface area contributed by atoms with E-state index in [0.717, 1.165) is 10.0 Å². The fourth-order valence-electron chi connectivity index (χ4n) is 2.82. The monoisotopic (exact) mass is 460 g/mol. The Morgan fingerprint density at radius 1 is 1.14 bits per heavy atom. The van der Waals surface area contributed by atoms with Gasteiger partial charge in [0.15, 0.2) is 11.5 Å². The summed E-state index contributed by atoms with van der Waals surface area (Å²) >= 11 is 3.38. The molecule has 0 amide bonds. The SMILES string of the molecule is CCOCCOc1ccc(CN=Cc2c(O)[nH]c(=O)c3ccc(Br)cc23)cc1O. The molecule has 3 N–H and O–H groups in total. The number of phenols is 1.